The summed E-state index contributed by atoms with van der Waals surface area (Å²) in [7, 11) is 0. The summed E-state index contributed by atoms with van der Waals surface area (Å²) in [6, 6.07) is 0. The van der Waals surface area contributed by atoms with E-state index in [4.69, 9.17) is 0 Å². The number of nitrogens with one attached hydrogen (secondary N) is 1. The van der Waals surface area contributed by atoms with Gasteiger partial charge >= 0.3 is 0 Å². The van der Waals surface area contributed by atoms with Gasteiger partial charge < -0.3 is 0 Å². The van der Waals surface area contributed by atoms with E-state index in [1.54, 1.807) is 0 Å². The average Bonchev–Trinajstić information content (AvgIpc) is 2.33. The van der Waals surface area contributed by atoms with Crippen molar-refractivity contribution in [1.82, 2.24) is 25.1 Å². The summed E-state index contributed by atoms with van der Waals surface area (Å²) < 4.78 is 0. The SMILES string of the molecule is c1n[nH]c2ncnc-2n1. The van der Waals surface area contributed by atoms with Gasteiger partial charge in [-0.2, -0.15) is 5.10 Å². The minimum absolute atomic E-state index is 0.602. The lowest BCUT2D eigenvalue weighted by Crippen LogP contribution is -1.90. The number of rotatable bonds is 0. The first-order valence-electron chi connectivity index (χ1n) is 2.43. The molecule has 0 aromatic heterocycles. The second-order valence-corrected chi connectivity index (χ2v) is 1.53. The van der Waals surface area contributed by atoms with Crippen LogP contribution in [0, 0.1) is 0 Å². The molecule has 2 aliphatic rings. The van der Waals surface area contributed by atoms with Crippen LogP contribution in [-0.2, 0) is 0 Å². The molecule has 0 saturated carbocycles. The summed E-state index contributed by atoms with van der Waals surface area (Å²) in [5, 5.41) is 6.29. The number of fused-ring (bicyclic) bond motifs is 1. The Morgan fingerprint density at radius 3 is 2.89 bits per heavy atom. The van der Waals surface area contributed by atoms with Gasteiger partial charge in [-0.15, -0.1) is 0 Å². The number of aromatic amines is 1. The fourth-order valence-electron chi connectivity index (χ4n) is 0.607. The van der Waals surface area contributed by atoms with Crippen LogP contribution in [0.3, 0.4) is 0 Å². The number of hydrogen-bond donors (Lipinski definition) is 1. The van der Waals surface area contributed by atoms with Crippen molar-refractivity contribution in [2.45, 2.75) is 0 Å². The second kappa shape index (κ2) is 1.48. The Balaban J connectivity index is 2.79. The molecule has 5 nitrogen and oxygen atoms in total. The van der Waals surface area contributed by atoms with Crippen molar-refractivity contribution in [1.29, 1.82) is 0 Å². The van der Waals surface area contributed by atoms with E-state index in [9.17, 15) is 0 Å². The van der Waals surface area contributed by atoms with E-state index in [1.807, 2.05) is 0 Å². The van der Waals surface area contributed by atoms with Gasteiger partial charge in [0.05, 0.1) is 0 Å². The predicted molar refractivity (Wildman–Crippen MR) is 28.6 cm³/mol. The molecule has 0 atom stereocenters. The van der Waals surface area contributed by atoms with Crippen molar-refractivity contribution in [2.24, 2.45) is 0 Å². The molecule has 2 aliphatic heterocycles. The first kappa shape index (κ1) is 4.37. The van der Waals surface area contributed by atoms with Gasteiger partial charge in [-0.25, -0.2) is 15.0 Å². The average molecular weight is 121 g/mol. The Labute approximate surface area is 50.5 Å². The van der Waals surface area contributed by atoms with E-state index >= 15 is 0 Å². The molecule has 0 saturated heterocycles. The predicted octanol–water partition coefficient (Wildman–Crippen LogP) is -0.300. The van der Waals surface area contributed by atoms with Crippen LogP contribution in [0.1, 0.15) is 0 Å². The van der Waals surface area contributed by atoms with E-state index < -0.39 is 0 Å². The van der Waals surface area contributed by atoms with Gasteiger partial charge in [0.25, 0.3) is 0 Å². The molecule has 0 aliphatic carbocycles. The quantitative estimate of drug-likeness (QED) is 0.519. The standard InChI is InChI=1S/C4H3N5/c1-5-3-4(6-1)9-8-2-7-3/h1-2H,(H,5,6,7,8,9). The molecule has 5 heteroatoms. The van der Waals surface area contributed by atoms with Crippen LogP contribution in [0.25, 0.3) is 11.6 Å². The zero-order chi connectivity index (χ0) is 6.10. The third-order valence-corrected chi connectivity index (χ3v) is 0.987. The van der Waals surface area contributed by atoms with E-state index in [0.717, 1.165) is 0 Å². The van der Waals surface area contributed by atoms with Crippen LogP contribution in [0.4, 0.5) is 0 Å². The highest BCUT2D eigenvalue weighted by Gasteiger charge is 2.03. The van der Waals surface area contributed by atoms with Crippen molar-refractivity contribution in [3.05, 3.63) is 12.7 Å². The number of imidazole rings is 1. The minimum atomic E-state index is 0.602. The number of hydrogen-bond acceptors (Lipinski definition) is 4. The van der Waals surface area contributed by atoms with E-state index in [0.29, 0.717) is 11.6 Å². The van der Waals surface area contributed by atoms with Crippen molar-refractivity contribution < 1.29 is 0 Å². The second-order valence-electron chi connectivity index (χ2n) is 1.53. The molecular formula is C4H3N5. The third-order valence-electron chi connectivity index (χ3n) is 0.987. The van der Waals surface area contributed by atoms with Crippen molar-refractivity contribution in [2.75, 3.05) is 0 Å². The lowest BCUT2D eigenvalue weighted by Gasteiger charge is -1.87. The Kier molecular flexibility index (Phi) is 0.717. The minimum Gasteiger partial charge on any atom is -0.257 e. The highest BCUT2D eigenvalue weighted by molar-refractivity contribution is 5.41. The van der Waals surface area contributed by atoms with Crippen LogP contribution in [0.15, 0.2) is 12.7 Å². The molecule has 1 N–H and O–H groups in total. The summed E-state index contributed by atoms with van der Waals surface area (Å²) >= 11 is 0. The molecular weight excluding hydrogens is 118 g/mol. The molecule has 0 radical (unpaired) electrons. The lowest BCUT2D eigenvalue weighted by atomic mass is 10.6. The van der Waals surface area contributed by atoms with E-state index in [2.05, 4.69) is 25.1 Å². The molecule has 2 rings (SSSR count). The van der Waals surface area contributed by atoms with Crippen LogP contribution < -0.4 is 0 Å². The molecule has 0 amide bonds. The maximum Gasteiger partial charge on any atom is 0.200 e. The molecule has 2 heterocycles. The fourth-order valence-corrected chi connectivity index (χ4v) is 0.607. The maximum absolute atomic E-state index is 3.83. The van der Waals surface area contributed by atoms with Crippen LogP contribution in [-0.4, -0.2) is 25.1 Å². The van der Waals surface area contributed by atoms with Crippen LogP contribution in [0.5, 0.6) is 0 Å². The molecule has 9 heavy (non-hydrogen) atoms. The summed E-state index contributed by atoms with van der Waals surface area (Å²) in [6.07, 6.45) is 2.84. The topological polar surface area (TPSA) is 67.3 Å². The van der Waals surface area contributed by atoms with E-state index in [1.165, 1.54) is 12.7 Å². The molecule has 44 valence electrons. The number of nitrogens with zero attached hydrogens (tertiary/aromatic N) is 4. The van der Waals surface area contributed by atoms with Gasteiger partial charge in [-0.1, -0.05) is 0 Å². The first-order chi connectivity index (χ1) is 4.47. The molecule has 0 spiro atoms. The Morgan fingerprint density at radius 1 is 1.11 bits per heavy atom. The summed E-state index contributed by atoms with van der Waals surface area (Å²) in [6.45, 7) is 0. The zero-order valence-corrected chi connectivity index (χ0v) is 4.44. The fraction of sp³-hybridized carbons (Fsp3) is 0. The largest absolute Gasteiger partial charge is 0.257 e. The molecule has 0 aromatic carbocycles. The highest BCUT2D eigenvalue weighted by Crippen LogP contribution is 2.04. The zero-order valence-electron chi connectivity index (χ0n) is 4.44. The lowest BCUT2D eigenvalue weighted by molar-refractivity contribution is 0.948. The Bertz CT molecular complexity index is 249. The molecule has 0 unspecified atom stereocenters. The molecule has 0 bridgehead atoms. The van der Waals surface area contributed by atoms with Gasteiger partial charge in [0.1, 0.15) is 12.7 Å². The van der Waals surface area contributed by atoms with Crippen LogP contribution >= 0.6 is 0 Å². The smallest absolute Gasteiger partial charge is 0.200 e. The van der Waals surface area contributed by atoms with E-state index in [-0.39, 0.29) is 0 Å². The monoisotopic (exact) mass is 121 g/mol. The van der Waals surface area contributed by atoms with Gasteiger partial charge in [0, 0.05) is 0 Å². The Hall–Kier alpha value is -1.52. The molecule has 0 fully saturated rings. The third kappa shape index (κ3) is 0.543. The first-order valence-corrected chi connectivity index (χ1v) is 2.43. The summed E-state index contributed by atoms with van der Waals surface area (Å²) in [5.74, 6) is 1.22. The van der Waals surface area contributed by atoms with Gasteiger partial charge in [-0.3, -0.25) is 5.10 Å². The maximum atomic E-state index is 3.83. The summed E-state index contributed by atoms with van der Waals surface area (Å²) in [5.41, 5.74) is 0. The Morgan fingerprint density at radius 2 is 2.00 bits per heavy atom. The van der Waals surface area contributed by atoms with Crippen molar-refractivity contribution in [3.63, 3.8) is 0 Å². The van der Waals surface area contributed by atoms with Gasteiger partial charge in [0.15, 0.2) is 11.6 Å². The van der Waals surface area contributed by atoms with Crippen molar-refractivity contribution in [3.8, 4) is 11.6 Å². The number of aromatic nitrogens is 5. The van der Waals surface area contributed by atoms with Crippen LogP contribution in [0.2, 0.25) is 0 Å². The highest BCUT2D eigenvalue weighted by atomic mass is 15.2. The van der Waals surface area contributed by atoms with Gasteiger partial charge in [-0.05, 0) is 0 Å². The van der Waals surface area contributed by atoms with Crippen molar-refractivity contribution >= 4 is 0 Å². The number of H-pyrrole nitrogens is 1. The van der Waals surface area contributed by atoms with Gasteiger partial charge in [0.2, 0.25) is 0 Å². The normalized spacial score (nSPS) is 10.2. The molecule has 0 aromatic rings. The summed E-state index contributed by atoms with van der Waals surface area (Å²) in [4.78, 5) is 11.5.